The monoisotopic (exact) mass is 239 g/mol. The largest absolute Gasteiger partial charge is 0.399 e. The molecular formula is C15H17N3. The number of hydrogen-bond donors (Lipinski definition) is 1. The normalized spacial score (nSPS) is 14.9. The highest BCUT2D eigenvalue weighted by Gasteiger charge is 2.20. The number of nitrogen functional groups attached to an aromatic ring is 1. The lowest BCUT2D eigenvalue weighted by atomic mass is 10.0. The molecule has 0 saturated heterocycles. The summed E-state index contributed by atoms with van der Waals surface area (Å²) in [7, 11) is 4.19. The van der Waals surface area contributed by atoms with Gasteiger partial charge in [-0.05, 0) is 41.0 Å². The molecule has 2 N–H and O–H groups in total. The van der Waals surface area contributed by atoms with E-state index in [-0.39, 0.29) is 0 Å². The van der Waals surface area contributed by atoms with E-state index in [0.717, 1.165) is 12.2 Å². The van der Waals surface area contributed by atoms with E-state index < -0.39 is 0 Å². The molecule has 3 heteroatoms. The van der Waals surface area contributed by atoms with E-state index in [1.165, 1.54) is 22.4 Å². The predicted octanol–water partition coefficient (Wildman–Crippen LogP) is 2.73. The van der Waals surface area contributed by atoms with Crippen molar-refractivity contribution in [3.05, 3.63) is 48.0 Å². The molecule has 0 aromatic heterocycles. The van der Waals surface area contributed by atoms with Crippen molar-refractivity contribution in [2.75, 3.05) is 24.8 Å². The first-order chi connectivity index (χ1) is 8.65. The molecular weight excluding hydrogens is 222 g/mol. The summed E-state index contributed by atoms with van der Waals surface area (Å²) in [6.45, 7) is 0.960. The van der Waals surface area contributed by atoms with Gasteiger partial charge in [-0.1, -0.05) is 18.2 Å². The van der Waals surface area contributed by atoms with E-state index in [2.05, 4.69) is 48.4 Å². The molecule has 0 bridgehead atoms. The van der Waals surface area contributed by atoms with Crippen LogP contribution in [0, 0.1) is 0 Å². The first-order valence-corrected chi connectivity index (χ1v) is 6.09. The maximum absolute atomic E-state index is 5.84. The highest BCUT2D eigenvalue weighted by molar-refractivity contribution is 5.72. The highest BCUT2D eigenvalue weighted by Crippen LogP contribution is 2.33. The molecule has 0 spiro atoms. The molecule has 92 valence electrons. The molecule has 2 aromatic rings. The first kappa shape index (κ1) is 11.1. The minimum absolute atomic E-state index is 0.808. The van der Waals surface area contributed by atoms with Crippen LogP contribution in [0.2, 0.25) is 0 Å². The van der Waals surface area contributed by atoms with Crippen molar-refractivity contribution in [3.8, 4) is 11.1 Å². The Balaban J connectivity index is 2.04. The van der Waals surface area contributed by atoms with Crippen molar-refractivity contribution in [1.82, 2.24) is 5.01 Å². The molecule has 0 aliphatic carbocycles. The number of hydrogen-bond acceptors (Lipinski definition) is 3. The summed E-state index contributed by atoms with van der Waals surface area (Å²) in [5.41, 5.74) is 11.7. The van der Waals surface area contributed by atoms with Crippen LogP contribution in [0.25, 0.3) is 11.1 Å². The van der Waals surface area contributed by atoms with Gasteiger partial charge in [-0.25, -0.2) is 5.01 Å². The molecule has 2 aromatic carbocycles. The summed E-state index contributed by atoms with van der Waals surface area (Å²) in [5, 5.41) is 4.38. The Hall–Kier alpha value is -2.00. The van der Waals surface area contributed by atoms with Gasteiger partial charge in [0.25, 0.3) is 0 Å². The van der Waals surface area contributed by atoms with Crippen LogP contribution in [0.4, 0.5) is 11.4 Å². The van der Waals surface area contributed by atoms with Crippen LogP contribution in [0.3, 0.4) is 0 Å². The topological polar surface area (TPSA) is 32.5 Å². The minimum Gasteiger partial charge on any atom is -0.399 e. The first-order valence-electron chi connectivity index (χ1n) is 6.09. The lowest BCUT2D eigenvalue weighted by Crippen LogP contribution is -2.29. The molecule has 0 saturated carbocycles. The summed E-state index contributed by atoms with van der Waals surface area (Å²) < 4.78 is 0. The van der Waals surface area contributed by atoms with Crippen LogP contribution < -0.4 is 10.7 Å². The summed E-state index contributed by atoms with van der Waals surface area (Å²) in [5.74, 6) is 0. The maximum atomic E-state index is 5.84. The molecule has 1 heterocycles. The summed E-state index contributed by atoms with van der Waals surface area (Å²) >= 11 is 0. The average molecular weight is 239 g/mol. The fourth-order valence-electron chi connectivity index (χ4n) is 2.46. The van der Waals surface area contributed by atoms with Crippen LogP contribution in [0.1, 0.15) is 5.56 Å². The zero-order valence-corrected chi connectivity index (χ0v) is 10.7. The molecule has 18 heavy (non-hydrogen) atoms. The second-order valence-electron chi connectivity index (χ2n) is 4.81. The Bertz CT molecular complexity index is 592. The summed E-state index contributed by atoms with van der Waals surface area (Å²) in [4.78, 5) is 0. The number of nitrogens with zero attached hydrogens (tertiary/aromatic N) is 2. The third kappa shape index (κ3) is 1.73. The van der Waals surface area contributed by atoms with Gasteiger partial charge in [-0.3, -0.25) is 0 Å². The van der Waals surface area contributed by atoms with Crippen molar-refractivity contribution in [2.24, 2.45) is 0 Å². The zero-order chi connectivity index (χ0) is 12.7. The van der Waals surface area contributed by atoms with Gasteiger partial charge in [0.15, 0.2) is 0 Å². The SMILES string of the molecule is CN1Cc2cc(-c3cccc(N)c3)ccc2N1C. The Labute approximate surface area is 107 Å². The Morgan fingerprint density at radius 3 is 2.56 bits per heavy atom. The van der Waals surface area contributed by atoms with Gasteiger partial charge in [0, 0.05) is 26.3 Å². The quantitative estimate of drug-likeness (QED) is 0.777. The third-order valence-electron chi connectivity index (χ3n) is 3.56. The van der Waals surface area contributed by atoms with Gasteiger partial charge in [-0.15, -0.1) is 0 Å². The molecule has 0 amide bonds. The summed E-state index contributed by atoms with van der Waals surface area (Å²) in [6, 6.07) is 14.6. The Kier molecular flexibility index (Phi) is 2.49. The highest BCUT2D eigenvalue weighted by atomic mass is 15.6. The smallest absolute Gasteiger partial charge is 0.0565 e. The zero-order valence-electron chi connectivity index (χ0n) is 10.7. The van der Waals surface area contributed by atoms with Crippen LogP contribution in [0.15, 0.2) is 42.5 Å². The van der Waals surface area contributed by atoms with E-state index in [9.17, 15) is 0 Å². The Morgan fingerprint density at radius 1 is 1.00 bits per heavy atom. The van der Waals surface area contributed by atoms with Crippen LogP contribution in [-0.2, 0) is 6.54 Å². The van der Waals surface area contributed by atoms with Crippen molar-refractivity contribution in [1.29, 1.82) is 0 Å². The fraction of sp³-hybridized carbons (Fsp3) is 0.200. The van der Waals surface area contributed by atoms with E-state index in [1.54, 1.807) is 0 Å². The van der Waals surface area contributed by atoms with Crippen LogP contribution in [-0.4, -0.2) is 19.1 Å². The number of benzene rings is 2. The molecule has 0 unspecified atom stereocenters. The summed E-state index contributed by atoms with van der Waals surface area (Å²) in [6.07, 6.45) is 0. The number of rotatable bonds is 1. The second kappa shape index (κ2) is 4.03. The van der Waals surface area contributed by atoms with E-state index in [1.807, 2.05) is 18.2 Å². The standard InChI is InChI=1S/C15H17N3/c1-17-10-13-8-12(6-7-15(13)18(17)2)11-4-3-5-14(16)9-11/h3-9H,10,16H2,1-2H3. The molecule has 0 radical (unpaired) electrons. The molecule has 1 aliphatic rings. The molecule has 3 rings (SSSR count). The van der Waals surface area contributed by atoms with Gasteiger partial charge in [0.2, 0.25) is 0 Å². The number of fused-ring (bicyclic) bond motifs is 1. The minimum atomic E-state index is 0.808. The average Bonchev–Trinajstić information content (AvgIpc) is 2.65. The van der Waals surface area contributed by atoms with Gasteiger partial charge >= 0.3 is 0 Å². The fourth-order valence-corrected chi connectivity index (χ4v) is 2.46. The Morgan fingerprint density at radius 2 is 1.78 bits per heavy atom. The number of nitrogens with two attached hydrogens (primary N) is 1. The van der Waals surface area contributed by atoms with Gasteiger partial charge in [0.1, 0.15) is 0 Å². The van der Waals surface area contributed by atoms with Crippen LogP contribution in [0.5, 0.6) is 0 Å². The number of hydrazine groups is 1. The van der Waals surface area contributed by atoms with Gasteiger partial charge < -0.3 is 10.7 Å². The predicted molar refractivity (Wildman–Crippen MR) is 76.2 cm³/mol. The van der Waals surface area contributed by atoms with Crippen LogP contribution >= 0.6 is 0 Å². The van der Waals surface area contributed by atoms with Crippen molar-refractivity contribution in [3.63, 3.8) is 0 Å². The lowest BCUT2D eigenvalue weighted by molar-refractivity contribution is 0.345. The van der Waals surface area contributed by atoms with Crippen molar-refractivity contribution >= 4 is 11.4 Å². The van der Waals surface area contributed by atoms with Gasteiger partial charge in [-0.2, -0.15) is 0 Å². The molecule has 3 nitrogen and oxygen atoms in total. The van der Waals surface area contributed by atoms with E-state index >= 15 is 0 Å². The second-order valence-corrected chi connectivity index (χ2v) is 4.81. The van der Waals surface area contributed by atoms with E-state index in [4.69, 9.17) is 5.73 Å². The molecule has 0 fully saturated rings. The third-order valence-corrected chi connectivity index (χ3v) is 3.56. The van der Waals surface area contributed by atoms with Gasteiger partial charge in [0.05, 0.1) is 5.69 Å². The molecule has 1 aliphatic heterocycles. The maximum Gasteiger partial charge on any atom is 0.0565 e. The van der Waals surface area contributed by atoms with E-state index in [0.29, 0.717) is 0 Å². The lowest BCUT2D eigenvalue weighted by Gasteiger charge is -2.21. The van der Waals surface area contributed by atoms with Crippen molar-refractivity contribution < 1.29 is 0 Å². The molecule has 0 atom stereocenters. The van der Waals surface area contributed by atoms with Crippen molar-refractivity contribution in [2.45, 2.75) is 6.54 Å². The number of anilines is 2.